The summed E-state index contributed by atoms with van der Waals surface area (Å²) in [4.78, 5) is 31.0. The Bertz CT molecular complexity index is 1010. The van der Waals surface area contributed by atoms with Gasteiger partial charge < -0.3 is 14.6 Å². The summed E-state index contributed by atoms with van der Waals surface area (Å²) in [5.74, 6) is -0.679. The first-order chi connectivity index (χ1) is 14.2. The van der Waals surface area contributed by atoms with E-state index < -0.39 is 5.92 Å². The highest BCUT2D eigenvalue weighted by molar-refractivity contribution is 5.89. The fraction of sp³-hybridized carbons (Fsp3) is 0.333. The van der Waals surface area contributed by atoms with E-state index in [0.29, 0.717) is 32.5 Å². The van der Waals surface area contributed by atoms with E-state index in [0.717, 1.165) is 34.1 Å². The molecule has 1 amide bonds. The van der Waals surface area contributed by atoms with Gasteiger partial charge in [-0.05, 0) is 37.0 Å². The molecule has 3 aromatic rings. The maximum atomic E-state index is 13.0. The molecule has 29 heavy (non-hydrogen) atoms. The molecule has 150 valence electrons. The van der Waals surface area contributed by atoms with Crippen LogP contribution in [0.25, 0.3) is 10.9 Å². The molecule has 5 heteroatoms. The summed E-state index contributed by atoms with van der Waals surface area (Å²) >= 11 is 0. The lowest BCUT2D eigenvalue weighted by Gasteiger charge is -2.24. The number of benzene rings is 2. The van der Waals surface area contributed by atoms with E-state index in [9.17, 15) is 9.59 Å². The lowest BCUT2D eigenvalue weighted by molar-refractivity contribution is -0.146. The third kappa shape index (κ3) is 4.04. The highest BCUT2D eigenvalue weighted by Crippen LogP contribution is 2.32. The molecule has 0 bridgehead atoms. The van der Waals surface area contributed by atoms with E-state index >= 15 is 0 Å². The Balaban J connectivity index is 1.57. The van der Waals surface area contributed by atoms with Crippen LogP contribution in [0, 0.1) is 0 Å². The maximum absolute atomic E-state index is 13.0. The molecule has 1 atom stereocenters. The van der Waals surface area contributed by atoms with E-state index in [4.69, 9.17) is 4.74 Å². The molecule has 0 radical (unpaired) electrons. The molecule has 0 saturated heterocycles. The van der Waals surface area contributed by atoms with Gasteiger partial charge in [0.1, 0.15) is 5.92 Å². The van der Waals surface area contributed by atoms with Crippen molar-refractivity contribution in [2.45, 2.75) is 32.1 Å². The molecule has 1 unspecified atom stereocenters. The number of aromatic nitrogens is 1. The second kappa shape index (κ2) is 8.52. The van der Waals surface area contributed by atoms with Crippen LogP contribution in [0.4, 0.5) is 0 Å². The van der Waals surface area contributed by atoms with Crippen molar-refractivity contribution in [3.8, 4) is 0 Å². The van der Waals surface area contributed by atoms with Gasteiger partial charge in [0.05, 0.1) is 6.61 Å². The van der Waals surface area contributed by atoms with Crippen molar-refractivity contribution >= 4 is 22.8 Å². The number of aryl methyl sites for hydroxylation is 1. The molecule has 1 aliphatic heterocycles. The topological polar surface area (TPSA) is 62.4 Å². The van der Waals surface area contributed by atoms with Gasteiger partial charge in [-0.2, -0.15) is 0 Å². The van der Waals surface area contributed by atoms with Crippen molar-refractivity contribution in [1.82, 2.24) is 9.88 Å². The summed E-state index contributed by atoms with van der Waals surface area (Å²) in [6.45, 7) is 3.10. The predicted octanol–water partition coefficient (Wildman–Crippen LogP) is 3.83. The molecule has 1 aliphatic rings. The summed E-state index contributed by atoms with van der Waals surface area (Å²) in [5, 5.41) is 1.12. The molecule has 4 rings (SSSR count). The van der Waals surface area contributed by atoms with Crippen molar-refractivity contribution in [2.75, 3.05) is 19.7 Å². The quantitative estimate of drug-likeness (QED) is 0.674. The molecular formula is C24H26N2O3. The number of carbonyl (C=O) groups excluding carboxylic acids is 2. The maximum Gasteiger partial charge on any atom is 0.316 e. The Labute approximate surface area is 170 Å². The molecule has 1 aromatic heterocycles. The minimum Gasteiger partial charge on any atom is -0.465 e. The van der Waals surface area contributed by atoms with Crippen molar-refractivity contribution in [1.29, 1.82) is 0 Å². The summed E-state index contributed by atoms with van der Waals surface area (Å²) in [5.41, 5.74) is 4.18. The van der Waals surface area contributed by atoms with E-state index in [1.807, 2.05) is 60.4 Å². The lowest BCUT2D eigenvalue weighted by atomic mass is 10.00. The van der Waals surface area contributed by atoms with E-state index in [1.54, 1.807) is 0 Å². The fourth-order valence-electron chi connectivity index (χ4n) is 4.15. The van der Waals surface area contributed by atoms with Gasteiger partial charge in [-0.25, -0.2) is 0 Å². The number of hydrogen-bond acceptors (Lipinski definition) is 3. The van der Waals surface area contributed by atoms with Gasteiger partial charge >= 0.3 is 5.97 Å². The number of aromatic amines is 1. The summed E-state index contributed by atoms with van der Waals surface area (Å²) in [6, 6.07) is 18.1. The summed E-state index contributed by atoms with van der Waals surface area (Å²) in [7, 11) is 0. The van der Waals surface area contributed by atoms with Crippen LogP contribution in [0.5, 0.6) is 0 Å². The number of H-pyrrole nitrogens is 1. The molecule has 2 heterocycles. The molecule has 5 nitrogen and oxygen atoms in total. The number of nitrogens with zero attached hydrogens (tertiary/aromatic N) is 1. The van der Waals surface area contributed by atoms with Crippen LogP contribution < -0.4 is 0 Å². The smallest absolute Gasteiger partial charge is 0.316 e. The molecule has 1 N–H and O–H groups in total. The molecular weight excluding hydrogens is 364 g/mol. The second-order valence-corrected chi connectivity index (χ2v) is 7.44. The van der Waals surface area contributed by atoms with E-state index in [2.05, 4.69) is 11.1 Å². The number of carbonyl (C=O) groups is 2. The first-order valence-electron chi connectivity index (χ1n) is 10.2. The zero-order chi connectivity index (χ0) is 20.2. The Kier molecular flexibility index (Phi) is 5.65. The number of hydrogen-bond donors (Lipinski definition) is 1. The van der Waals surface area contributed by atoms with Crippen LogP contribution >= 0.6 is 0 Å². The van der Waals surface area contributed by atoms with Crippen LogP contribution in [0.15, 0.2) is 54.6 Å². The van der Waals surface area contributed by atoms with Gasteiger partial charge in [0, 0.05) is 36.1 Å². The first kappa shape index (κ1) is 19.2. The number of ether oxygens (including phenoxy) is 1. The van der Waals surface area contributed by atoms with Crippen LogP contribution in [-0.2, 0) is 27.2 Å². The minimum atomic E-state index is -0.486. The van der Waals surface area contributed by atoms with Crippen molar-refractivity contribution < 1.29 is 14.3 Å². The molecule has 0 aliphatic carbocycles. The van der Waals surface area contributed by atoms with Gasteiger partial charge in [0.2, 0.25) is 5.91 Å². The Hall–Kier alpha value is -3.08. The molecule has 0 spiro atoms. The number of fused-ring (bicyclic) bond motifs is 3. The minimum absolute atomic E-state index is 0.0811. The predicted molar refractivity (Wildman–Crippen MR) is 113 cm³/mol. The Morgan fingerprint density at radius 3 is 2.66 bits per heavy atom. The monoisotopic (exact) mass is 390 g/mol. The zero-order valence-corrected chi connectivity index (χ0v) is 16.7. The third-order valence-corrected chi connectivity index (χ3v) is 5.62. The van der Waals surface area contributed by atoms with Gasteiger partial charge in [0.25, 0.3) is 0 Å². The van der Waals surface area contributed by atoms with Crippen LogP contribution in [-0.4, -0.2) is 41.5 Å². The Morgan fingerprint density at radius 2 is 1.86 bits per heavy atom. The highest BCUT2D eigenvalue weighted by atomic mass is 16.5. The molecule has 2 aromatic carbocycles. The van der Waals surface area contributed by atoms with Gasteiger partial charge in [-0.3, -0.25) is 9.59 Å². The number of rotatable bonds is 5. The average Bonchev–Trinajstić information content (AvgIpc) is 3.00. The van der Waals surface area contributed by atoms with E-state index in [-0.39, 0.29) is 11.9 Å². The summed E-state index contributed by atoms with van der Waals surface area (Å²) < 4.78 is 5.35. The molecule has 0 saturated carbocycles. The molecule has 0 fully saturated rings. The number of amides is 1. The standard InChI is InChI=1S/C24H26N2O3/c1-2-29-24(28)20-16-26(22(27)13-12-17-8-4-3-5-9-17)15-14-19-18-10-6-7-11-21(18)25-23(19)20/h3-11,20,25H,2,12-16H2,1H3. The first-order valence-corrected chi connectivity index (χ1v) is 10.2. The van der Waals surface area contributed by atoms with Crippen LogP contribution in [0.2, 0.25) is 0 Å². The average molecular weight is 390 g/mol. The van der Waals surface area contributed by atoms with Crippen molar-refractivity contribution in [2.24, 2.45) is 0 Å². The van der Waals surface area contributed by atoms with Gasteiger partial charge in [-0.15, -0.1) is 0 Å². The lowest BCUT2D eigenvalue weighted by Crippen LogP contribution is -2.37. The Morgan fingerprint density at radius 1 is 1.10 bits per heavy atom. The fourth-order valence-corrected chi connectivity index (χ4v) is 4.15. The zero-order valence-electron chi connectivity index (χ0n) is 16.7. The van der Waals surface area contributed by atoms with E-state index in [1.165, 1.54) is 0 Å². The third-order valence-electron chi connectivity index (χ3n) is 5.62. The number of para-hydroxylation sites is 1. The largest absolute Gasteiger partial charge is 0.465 e. The second-order valence-electron chi connectivity index (χ2n) is 7.44. The van der Waals surface area contributed by atoms with Gasteiger partial charge in [-0.1, -0.05) is 48.5 Å². The van der Waals surface area contributed by atoms with Crippen molar-refractivity contribution in [3.05, 3.63) is 71.4 Å². The van der Waals surface area contributed by atoms with Crippen molar-refractivity contribution in [3.63, 3.8) is 0 Å². The number of nitrogens with one attached hydrogen (secondary N) is 1. The van der Waals surface area contributed by atoms with Crippen LogP contribution in [0.3, 0.4) is 0 Å². The van der Waals surface area contributed by atoms with Gasteiger partial charge in [0.15, 0.2) is 0 Å². The SMILES string of the molecule is CCOC(=O)C1CN(C(=O)CCc2ccccc2)CCc2c1[nH]c1ccccc21. The summed E-state index contributed by atoms with van der Waals surface area (Å²) in [6.07, 6.45) is 1.87. The normalized spacial score (nSPS) is 16.3. The van der Waals surface area contributed by atoms with Crippen LogP contribution in [0.1, 0.15) is 36.1 Å². The number of esters is 1. The highest BCUT2D eigenvalue weighted by Gasteiger charge is 2.33.